The third-order valence-electron chi connectivity index (χ3n) is 3.16. The van der Waals surface area contributed by atoms with Gasteiger partial charge in [-0.2, -0.15) is 0 Å². The van der Waals surface area contributed by atoms with Crippen LogP contribution in [0.2, 0.25) is 0 Å². The first-order chi connectivity index (χ1) is 9.08. The van der Waals surface area contributed by atoms with E-state index in [9.17, 15) is 13.6 Å². The van der Waals surface area contributed by atoms with Gasteiger partial charge in [0.2, 0.25) is 0 Å². The topological polar surface area (TPSA) is 64.4 Å². The fraction of sp³-hybridized carbons (Fsp3) is 0.462. The second-order valence-corrected chi connectivity index (χ2v) is 4.64. The van der Waals surface area contributed by atoms with Crippen molar-refractivity contribution in [1.82, 2.24) is 0 Å². The number of nitrogens with two attached hydrogens (primary N) is 1. The zero-order valence-electron chi connectivity index (χ0n) is 10.4. The minimum absolute atomic E-state index is 0.0840. The van der Waals surface area contributed by atoms with E-state index in [1.165, 1.54) is 0 Å². The molecule has 4 nitrogen and oxygen atoms in total. The van der Waals surface area contributed by atoms with Crippen molar-refractivity contribution in [1.29, 1.82) is 0 Å². The molecule has 0 aliphatic carbocycles. The molecular weight excluding hydrogens is 254 g/mol. The molecule has 0 bridgehead atoms. The molecule has 1 heterocycles. The Morgan fingerprint density at radius 2 is 2.21 bits per heavy atom. The SMILES string of the molecule is NC(=O)c1cc(NCC2CCCOC2)c(F)cc1F. The summed E-state index contributed by atoms with van der Waals surface area (Å²) in [7, 11) is 0. The third-order valence-corrected chi connectivity index (χ3v) is 3.16. The van der Waals surface area contributed by atoms with Gasteiger partial charge in [0.15, 0.2) is 0 Å². The Balaban J connectivity index is 2.06. The number of rotatable bonds is 4. The summed E-state index contributed by atoms with van der Waals surface area (Å²) in [6.07, 6.45) is 1.98. The van der Waals surface area contributed by atoms with Crippen molar-refractivity contribution < 1.29 is 18.3 Å². The van der Waals surface area contributed by atoms with Crippen molar-refractivity contribution >= 4 is 11.6 Å². The van der Waals surface area contributed by atoms with Crippen molar-refractivity contribution in [2.75, 3.05) is 25.1 Å². The summed E-state index contributed by atoms with van der Waals surface area (Å²) in [6, 6.07) is 1.77. The zero-order chi connectivity index (χ0) is 13.8. The van der Waals surface area contributed by atoms with Gasteiger partial charge in [0.05, 0.1) is 17.9 Å². The van der Waals surface area contributed by atoms with E-state index in [1.807, 2.05) is 0 Å². The molecule has 1 unspecified atom stereocenters. The lowest BCUT2D eigenvalue weighted by Gasteiger charge is -2.22. The fourth-order valence-corrected chi connectivity index (χ4v) is 2.10. The molecule has 0 aromatic heterocycles. The molecule has 1 fully saturated rings. The number of carbonyl (C=O) groups excluding carboxylic acids is 1. The van der Waals surface area contributed by atoms with Crippen LogP contribution in [0.3, 0.4) is 0 Å². The Morgan fingerprint density at radius 1 is 1.42 bits per heavy atom. The molecule has 1 aromatic carbocycles. The highest BCUT2D eigenvalue weighted by Gasteiger charge is 2.17. The summed E-state index contributed by atoms with van der Waals surface area (Å²) in [5, 5.41) is 2.88. The van der Waals surface area contributed by atoms with Gasteiger partial charge in [0.25, 0.3) is 5.91 Å². The minimum Gasteiger partial charge on any atom is -0.382 e. The van der Waals surface area contributed by atoms with Crippen LogP contribution in [0.4, 0.5) is 14.5 Å². The quantitative estimate of drug-likeness (QED) is 0.878. The first-order valence-corrected chi connectivity index (χ1v) is 6.18. The number of carbonyl (C=O) groups is 1. The molecule has 1 saturated heterocycles. The number of hydrogen-bond acceptors (Lipinski definition) is 3. The highest BCUT2D eigenvalue weighted by atomic mass is 19.1. The molecule has 3 N–H and O–H groups in total. The van der Waals surface area contributed by atoms with E-state index in [1.54, 1.807) is 0 Å². The van der Waals surface area contributed by atoms with Gasteiger partial charge in [0, 0.05) is 19.2 Å². The zero-order valence-corrected chi connectivity index (χ0v) is 10.4. The average molecular weight is 270 g/mol. The summed E-state index contributed by atoms with van der Waals surface area (Å²) in [5.74, 6) is -2.31. The van der Waals surface area contributed by atoms with E-state index < -0.39 is 17.5 Å². The van der Waals surface area contributed by atoms with E-state index in [0.29, 0.717) is 19.2 Å². The van der Waals surface area contributed by atoms with Gasteiger partial charge in [-0.3, -0.25) is 4.79 Å². The number of amides is 1. The Hall–Kier alpha value is -1.69. The van der Waals surface area contributed by atoms with Crippen LogP contribution in [0, 0.1) is 17.6 Å². The van der Waals surface area contributed by atoms with Crippen molar-refractivity contribution in [3.8, 4) is 0 Å². The maximum atomic E-state index is 13.6. The molecule has 1 aliphatic rings. The summed E-state index contributed by atoms with van der Waals surface area (Å²) in [5.41, 5.74) is 4.79. The maximum absolute atomic E-state index is 13.6. The average Bonchev–Trinajstić information content (AvgIpc) is 2.38. The van der Waals surface area contributed by atoms with Crippen LogP contribution in [0.5, 0.6) is 0 Å². The van der Waals surface area contributed by atoms with Crippen molar-refractivity contribution in [3.05, 3.63) is 29.3 Å². The summed E-state index contributed by atoms with van der Waals surface area (Å²) >= 11 is 0. The molecule has 19 heavy (non-hydrogen) atoms. The number of benzene rings is 1. The maximum Gasteiger partial charge on any atom is 0.251 e. The first-order valence-electron chi connectivity index (χ1n) is 6.18. The summed E-state index contributed by atoms with van der Waals surface area (Å²) in [6.45, 7) is 1.90. The predicted octanol–water partition coefficient (Wildman–Crippen LogP) is 1.90. The van der Waals surface area contributed by atoms with Gasteiger partial charge in [0.1, 0.15) is 11.6 Å². The molecule has 1 aliphatic heterocycles. The van der Waals surface area contributed by atoms with Crippen molar-refractivity contribution in [2.45, 2.75) is 12.8 Å². The largest absolute Gasteiger partial charge is 0.382 e. The van der Waals surface area contributed by atoms with E-state index >= 15 is 0 Å². The van der Waals surface area contributed by atoms with Crippen LogP contribution in [0.25, 0.3) is 0 Å². The van der Waals surface area contributed by atoms with Gasteiger partial charge in [-0.05, 0) is 24.8 Å². The monoisotopic (exact) mass is 270 g/mol. The number of anilines is 1. The van der Waals surface area contributed by atoms with E-state index in [2.05, 4.69) is 5.32 Å². The van der Waals surface area contributed by atoms with Crippen LogP contribution in [-0.2, 0) is 4.74 Å². The predicted molar refractivity (Wildman–Crippen MR) is 66.9 cm³/mol. The Bertz CT molecular complexity index is 474. The van der Waals surface area contributed by atoms with Gasteiger partial charge in [-0.1, -0.05) is 0 Å². The molecule has 1 atom stereocenters. The fourth-order valence-electron chi connectivity index (χ4n) is 2.10. The molecule has 1 amide bonds. The van der Waals surface area contributed by atoms with Crippen molar-refractivity contribution in [2.24, 2.45) is 11.7 Å². The number of ether oxygens (including phenoxy) is 1. The lowest BCUT2D eigenvalue weighted by atomic mass is 10.0. The first kappa shape index (κ1) is 13.7. The molecule has 104 valence electrons. The second kappa shape index (κ2) is 5.97. The van der Waals surface area contributed by atoms with Gasteiger partial charge in [-0.25, -0.2) is 8.78 Å². The van der Waals surface area contributed by atoms with Crippen molar-refractivity contribution in [3.63, 3.8) is 0 Å². The molecule has 0 saturated carbocycles. The van der Waals surface area contributed by atoms with Crippen LogP contribution in [0.15, 0.2) is 12.1 Å². The molecule has 1 aromatic rings. The van der Waals surface area contributed by atoms with E-state index in [-0.39, 0.29) is 17.2 Å². The van der Waals surface area contributed by atoms with Crippen LogP contribution in [0.1, 0.15) is 23.2 Å². The summed E-state index contributed by atoms with van der Waals surface area (Å²) in [4.78, 5) is 11.0. The lowest BCUT2D eigenvalue weighted by molar-refractivity contribution is 0.0595. The van der Waals surface area contributed by atoms with Crippen LogP contribution < -0.4 is 11.1 Å². The third kappa shape index (κ3) is 3.41. The van der Waals surface area contributed by atoms with Gasteiger partial charge in [-0.15, -0.1) is 0 Å². The standard InChI is InChI=1S/C13H16F2N2O2/c14-10-5-11(15)12(4-9(10)13(16)18)17-6-8-2-1-3-19-7-8/h4-5,8,17H,1-3,6-7H2,(H2,16,18). The van der Waals surface area contributed by atoms with Crippen LogP contribution >= 0.6 is 0 Å². The van der Waals surface area contributed by atoms with E-state index in [4.69, 9.17) is 10.5 Å². The Kier molecular flexibility index (Phi) is 4.31. The Morgan fingerprint density at radius 3 is 2.84 bits per heavy atom. The molecular formula is C13H16F2N2O2. The highest BCUT2D eigenvalue weighted by molar-refractivity contribution is 5.94. The van der Waals surface area contributed by atoms with Gasteiger partial charge < -0.3 is 15.8 Å². The van der Waals surface area contributed by atoms with E-state index in [0.717, 1.165) is 25.5 Å². The lowest BCUT2D eigenvalue weighted by Crippen LogP contribution is -2.25. The Labute approximate surface area is 109 Å². The number of halogens is 2. The normalized spacial score (nSPS) is 19.2. The molecule has 0 radical (unpaired) electrons. The number of primary amides is 1. The molecule has 2 rings (SSSR count). The number of nitrogens with one attached hydrogen (secondary N) is 1. The number of hydrogen-bond donors (Lipinski definition) is 2. The second-order valence-electron chi connectivity index (χ2n) is 4.64. The molecule has 0 spiro atoms. The van der Waals surface area contributed by atoms with Gasteiger partial charge >= 0.3 is 0 Å². The van der Waals surface area contributed by atoms with Crippen LogP contribution in [-0.4, -0.2) is 25.7 Å². The minimum atomic E-state index is -0.948. The summed E-state index contributed by atoms with van der Waals surface area (Å²) < 4.78 is 32.2. The molecule has 6 heteroatoms. The smallest absolute Gasteiger partial charge is 0.251 e. The highest BCUT2D eigenvalue weighted by Crippen LogP contribution is 2.21.